The first-order valence-electron chi connectivity index (χ1n) is 10.6. The number of carbonyl (C=O) groups excluding carboxylic acids is 2. The molecule has 7 heteroatoms. The summed E-state index contributed by atoms with van der Waals surface area (Å²) in [4.78, 5) is 24.2. The molecule has 0 fully saturated rings. The lowest BCUT2D eigenvalue weighted by Crippen LogP contribution is -2.20. The van der Waals surface area contributed by atoms with E-state index in [0.29, 0.717) is 23.8 Å². The van der Waals surface area contributed by atoms with Crippen LogP contribution in [-0.2, 0) is 16.2 Å². The van der Waals surface area contributed by atoms with E-state index >= 15 is 0 Å². The first-order valence-corrected chi connectivity index (χ1v) is 10.6. The summed E-state index contributed by atoms with van der Waals surface area (Å²) in [6.45, 7) is 2.47. The summed E-state index contributed by atoms with van der Waals surface area (Å²) in [6, 6.07) is 22.7. The number of rotatable bonds is 10. The van der Waals surface area contributed by atoms with Gasteiger partial charge in [0.15, 0.2) is 0 Å². The molecule has 0 unspecified atom stereocenters. The van der Waals surface area contributed by atoms with Crippen molar-refractivity contribution in [3.05, 3.63) is 89.5 Å². The minimum absolute atomic E-state index is 0.00386. The Kier molecular flexibility index (Phi) is 8.59. The van der Waals surface area contributed by atoms with E-state index in [1.807, 2.05) is 61.5 Å². The molecule has 33 heavy (non-hydrogen) atoms. The first-order chi connectivity index (χ1) is 16.0. The van der Waals surface area contributed by atoms with Gasteiger partial charge in [0.05, 0.1) is 19.0 Å². The second kappa shape index (κ2) is 12.0. The molecule has 0 aliphatic heterocycles. The number of ether oxygens (including phenoxy) is 2. The molecular formula is C26H27N3O4. The number of hydrogen-bond donors (Lipinski definition) is 2. The van der Waals surface area contributed by atoms with Crippen molar-refractivity contribution in [2.75, 3.05) is 12.4 Å². The molecular weight excluding hydrogens is 418 g/mol. The van der Waals surface area contributed by atoms with Gasteiger partial charge in [0, 0.05) is 18.4 Å². The number of aryl methyl sites for hydroxylation is 1. The van der Waals surface area contributed by atoms with Gasteiger partial charge in [-0.1, -0.05) is 54.1 Å². The number of hydrogen-bond acceptors (Lipinski definition) is 5. The molecule has 7 nitrogen and oxygen atoms in total. The molecule has 0 radical (unpaired) electrons. The van der Waals surface area contributed by atoms with Gasteiger partial charge < -0.3 is 14.8 Å². The van der Waals surface area contributed by atoms with Crippen LogP contribution in [0.15, 0.2) is 77.9 Å². The highest BCUT2D eigenvalue weighted by atomic mass is 16.5. The van der Waals surface area contributed by atoms with Gasteiger partial charge in [-0.3, -0.25) is 9.59 Å². The molecule has 0 aliphatic carbocycles. The van der Waals surface area contributed by atoms with E-state index in [9.17, 15) is 9.59 Å². The van der Waals surface area contributed by atoms with Crippen LogP contribution in [0.4, 0.5) is 5.69 Å². The van der Waals surface area contributed by atoms with Crippen LogP contribution in [0.2, 0.25) is 0 Å². The van der Waals surface area contributed by atoms with Gasteiger partial charge in [0.25, 0.3) is 0 Å². The van der Waals surface area contributed by atoms with Crippen molar-refractivity contribution in [3.8, 4) is 11.5 Å². The molecule has 0 saturated carbocycles. The number of anilines is 1. The Bertz CT molecular complexity index is 1110. The average molecular weight is 446 g/mol. The molecule has 3 aromatic carbocycles. The Morgan fingerprint density at radius 1 is 0.879 bits per heavy atom. The molecule has 0 heterocycles. The number of methoxy groups -OCH3 is 1. The van der Waals surface area contributed by atoms with E-state index < -0.39 is 0 Å². The normalized spacial score (nSPS) is 10.6. The number of nitrogens with zero attached hydrogens (tertiary/aromatic N) is 1. The summed E-state index contributed by atoms with van der Waals surface area (Å²) < 4.78 is 11.1. The minimum atomic E-state index is -0.362. The van der Waals surface area contributed by atoms with Crippen LogP contribution in [0.25, 0.3) is 0 Å². The van der Waals surface area contributed by atoms with Gasteiger partial charge in [-0.25, -0.2) is 5.43 Å². The summed E-state index contributed by atoms with van der Waals surface area (Å²) in [5, 5.41) is 6.74. The van der Waals surface area contributed by atoms with E-state index in [1.54, 1.807) is 18.2 Å². The third-order valence-corrected chi connectivity index (χ3v) is 4.79. The van der Waals surface area contributed by atoms with Gasteiger partial charge in [0.2, 0.25) is 11.8 Å². The van der Waals surface area contributed by atoms with Crippen molar-refractivity contribution in [2.24, 2.45) is 5.10 Å². The van der Waals surface area contributed by atoms with Crippen molar-refractivity contribution in [2.45, 2.75) is 26.4 Å². The van der Waals surface area contributed by atoms with Gasteiger partial charge in [-0.05, 0) is 36.8 Å². The lowest BCUT2D eigenvalue weighted by molar-refractivity contribution is -0.124. The van der Waals surface area contributed by atoms with Crippen molar-refractivity contribution >= 4 is 23.7 Å². The second-order valence-electron chi connectivity index (χ2n) is 7.35. The molecule has 3 aromatic rings. The number of hydrazone groups is 1. The molecule has 0 atom stereocenters. The van der Waals surface area contributed by atoms with Gasteiger partial charge in [0.1, 0.15) is 18.1 Å². The summed E-state index contributed by atoms with van der Waals surface area (Å²) >= 11 is 0. The highest BCUT2D eigenvalue weighted by Gasteiger charge is 2.09. The molecule has 2 amide bonds. The fourth-order valence-electron chi connectivity index (χ4n) is 2.98. The lowest BCUT2D eigenvalue weighted by atomic mass is 10.1. The van der Waals surface area contributed by atoms with Crippen LogP contribution in [0.5, 0.6) is 11.5 Å². The quantitative estimate of drug-likeness (QED) is 0.356. The van der Waals surface area contributed by atoms with Crippen LogP contribution in [0, 0.1) is 6.92 Å². The van der Waals surface area contributed by atoms with Crippen molar-refractivity contribution in [3.63, 3.8) is 0 Å². The van der Waals surface area contributed by atoms with E-state index in [1.165, 1.54) is 18.9 Å². The highest BCUT2D eigenvalue weighted by molar-refractivity contribution is 5.94. The predicted octanol–water partition coefficient (Wildman–Crippen LogP) is 4.45. The molecule has 3 rings (SSSR count). The SMILES string of the molecule is COc1ccccc1NC(=O)CCC(=O)NN=Cc1ccccc1OCc1ccc(C)cc1. The van der Waals surface area contributed by atoms with Crippen LogP contribution < -0.4 is 20.2 Å². The molecule has 2 N–H and O–H groups in total. The Morgan fingerprint density at radius 2 is 1.55 bits per heavy atom. The van der Waals surface area contributed by atoms with Crippen molar-refractivity contribution < 1.29 is 19.1 Å². The Labute approximate surface area is 193 Å². The van der Waals surface area contributed by atoms with Gasteiger partial charge >= 0.3 is 0 Å². The average Bonchev–Trinajstić information content (AvgIpc) is 2.83. The van der Waals surface area contributed by atoms with E-state index in [2.05, 4.69) is 15.8 Å². The van der Waals surface area contributed by atoms with Gasteiger partial charge in [-0.15, -0.1) is 0 Å². The van der Waals surface area contributed by atoms with Crippen LogP contribution >= 0.6 is 0 Å². The maximum absolute atomic E-state index is 12.1. The third kappa shape index (κ3) is 7.50. The zero-order valence-electron chi connectivity index (χ0n) is 18.7. The Hall–Kier alpha value is -4.13. The van der Waals surface area contributed by atoms with E-state index in [-0.39, 0.29) is 24.7 Å². The number of benzene rings is 3. The largest absolute Gasteiger partial charge is 0.495 e. The molecule has 0 spiro atoms. The summed E-state index contributed by atoms with van der Waals surface area (Å²) in [6.07, 6.45) is 1.55. The van der Waals surface area contributed by atoms with Crippen molar-refractivity contribution in [1.29, 1.82) is 0 Å². The van der Waals surface area contributed by atoms with Crippen LogP contribution in [-0.4, -0.2) is 25.1 Å². The standard InChI is InChI=1S/C26H27N3O4/c1-19-11-13-20(14-12-19)18-33-23-9-5-3-7-21(23)17-27-29-26(31)16-15-25(30)28-22-8-4-6-10-24(22)32-2/h3-14,17H,15-16,18H2,1-2H3,(H,28,30)(H,29,31). The zero-order chi connectivity index (χ0) is 23.5. The Balaban J connectivity index is 1.47. The topological polar surface area (TPSA) is 89.0 Å². The molecule has 0 saturated heterocycles. The monoisotopic (exact) mass is 445 g/mol. The summed E-state index contributed by atoms with van der Waals surface area (Å²) in [5.74, 6) is 0.573. The summed E-state index contributed by atoms with van der Waals surface area (Å²) in [7, 11) is 1.53. The van der Waals surface area contributed by atoms with E-state index in [0.717, 1.165) is 11.1 Å². The number of nitrogens with one attached hydrogen (secondary N) is 2. The lowest BCUT2D eigenvalue weighted by Gasteiger charge is -2.10. The van der Waals surface area contributed by atoms with Crippen molar-refractivity contribution in [1.82, 2.24) is 5.43 Å². The van der Waals surface area contributed by atoms with E-state index in [4.69, 9.17) is 9.47 Å². The number of carbonyl (C=O) groups is 2. The third-order valence-electron chi connectivity index (χ3n) is 4.79. The minimum Gasteiger partial charge on any atom is -0.495 e. The van der Waals surface area contributed by atoms with Crippen LogP contribution in [0.1, 0.15) is 29.5 Å². The summed E-state index contributed by atoms with van der Waals surface area (Å²) in [5.41, 5.74) is 6.00. The maximum Gasteiger partial charge on any atom is 0.240 e. The molecule has 0 aliphatic rings. The van der Waals surface area contributed by atoms with Crippen LogP contribution in [0.3, 0.4) is 0 Å². The number of amides is 2. The molecule has 0 bridgehead atoms. The second-order valence-corrected chi connectivity index (χ2v) is 7.35. The Morgan fingerprint density at radius 3 is 2.30 bits per heavy atom. The zero-order valence-corrected chi connectivity index (χ0v) is 18.7. The fraction of sp³-hybridized carbons (Fsp3) is 0.192. The predicted molar refractivity (Wildman–Crippen MR) is 129 cm³/mol. The van der Waals surface area contributed by atoms with Gasteiger partial charge in [-0.2, -0.15) is 5.10 Å². The fourth-order valence-corrected chi connectivity index (χ4v) is 2.98. The highest BCUT2D eigenvalue weighted by Crippen LogP contribution is 2.23. The first kappa shape index (κ1) is 23.5. The maximum atomic E-state index is 12.1. The molecule has 170 valence electrons. The number of para-hydroxylation sites is 3. The smallest absolute Gasteiger partial charge is 0.240 e. The molecule has 0 aromatic heterocycles.